The fourth-order valence-electron chi connectivity index (χ4n) is 2.08. The summed E-state index contributed by atoms with van der Waals surface area (Å²) >= 11 is 5.89. The van der Waals surface area contributed by atoms with Crippen LogP contribution in [0.15, 0.2) is 4.52 Å². The van der Waals surface area contributed by atoms with E-state index in [4.69, 9.17) is 16.1 Å². The SMILES string of the molecule is CC1CCC(c2nc(C(C)Cl)no2)CC1. The van der Waals surface area contributed by atoms with Gasteiger partial charge in [-0.15, -0.1) is 11.6 Å². The van der Waals surface area contributed by atoms with Gasteiger partial charge in [-0.25, -0.2) is 0 Å². The molecule has 1 heterocycles. The summed E-state index contributed by atoms with van der Waals surface area (Å²) in [5.41, 5.74) is 0. The lowest BCUT2D eigenvalue weighted by molar-refractivity contribution is 0.280. The van der Waals surface area contributed by atoms with Gasteiger partial charge in [0.2, 0.25) is 5.89 Å². The lowest BCUT2D eigenvalue weighted by Crippen LogP contribution is -2.11. The van der Waals surface area contributed by atoms with E-state index in [1.807, 2.05) is 6.92 Å². The first-order chi connectivity index (χ1) is 7.16. The maximum absolute atomic E-state index is 5.89. The number of hydrogen-bond acceptors (Lipinski definition) is 3. The van der Waals surface area contributed by atoms with Crippen molar-refractivity contribution in [3.05, 3.63) is 11.7 Å². The minimum atomic E-state index is -0.162. The van der Waals surface area contributed by atoms with Crippen molar-refractivity contribution in [1.29, 1.82) is 0 Å². The first-order valence-corrected chi connectivity index (χ1v) is 6.08. The molecule has 84 valence electrons. The molecule has 1 unspecified atom stereocenters. The summed E-state index contributed by atoms with van der Waals surface area (Å²) in [6, 6.07) is 0. The molecule has 0 aliphatic heterocycles. The highest BCUT2D eigenvalue weighted by Crippen LogP contribution is 2.35. The molecule has 4 heteroatoms. The van der Waals surface area contributed by atoms with Crippen molar-refractivity contribution in [3.63, 3.8) is 0 Å². The fraction of sp³-hybridized carbons (Fsp3) is 0.818. The Kier molecular flexibility index (Phi) is 3.29. The first kappa shape index (κ1) is 10.9. The second-order valence-electron chi connectivity index (χ2n) is 4.56. The van der Waals surface area contributed by atoms with Crippen LogP contribution < -0.4 is 0 Å². The zero-order chi connectivity index (χ0) is 10.8. The predicted octanol–water partition coefficient (Wildman–Crippen LogP) is 3.66. The predicted molar refractivity (Wildman–Crippen MR) is 58.9 cm³/mol. The molecule has 0 radical (unpaired) electrons. The molecule has 0 bridgehead atoms. The average molecular weight is 229 g/mol. The van der Waals surface area contributed by atoms with E-state index in [9.17, 15) is 0 Å². The van der Waals surface area contributed by atoms with Crippen LogP contribution in [0.3, 0.4) is 0 Å². The Morgan fingerprint density at radius 3 is 2.53 bits per heavy atom. The Morgan fingerprint density at radius 2 is 2.00 bits per heavy atom. The molecule has 3 nitrogen and oxygen atoms in total. The van der Waals surface area contributed by atoms with Gasteiger partial charge in [-0.05, 0) is 38.5 Å². The molecular weight excluding hydrogens is 212 g/mol. The van der Waals surface area contributed by atoms with E-state index in [-0.39, 0.29) is 5.38 Å². The number of nitrogens with zero attached hydrogens (tertiary/aromatic N) is 2. The third kappa shape index (κ3) is 2.51. The Labute approximate surface area is 95.2 Å². The standard InChI is InChI=1S/C11H17ClN2O/c1-7-3-5-9(6-4-7)11-13-10(8(2)12)14-15-11/h7-9H,3-6H2,1-2H3. The van der Waals surface area contributed by atoms with E-state index in [2.05, 4.69) is 17.1 Å². The number of alkyl halides is 1. The zero-order valence-corrected chi connectivity index (χ0v) is 10.00. The van der Waals surface area contributed by atoms with Crippen molar-refractivity contribution in [1.82, 2.24) is 10.1 Å². The van der Waals surface area contributed by atoms with Crippen LogP contribution in [0.4, 0.5) is 0 Å². The minimum absolute atomic E-state index is 0.162. The van der Waals surface area contributed by atoms with Crippen molar-refractivity contribution >= 4 is 11.6 Å². The van der Waals surface area contributed by atoms with Crippen LogP contribution in [0.5, 0.6) is 0 Å². The molecule has 1 aliphatic rings. The van der Waals surface area contributed by atoms with Gasteiger partial charge < -0.3 is 4.52 Å². The van der Waals surface area contributed by atoms with Crippen LogP contribution in [0.2, 0.25) is 0 Å². The second-order valence-corrected chi connectivity index (χ2v) is 5.22. The lowest BCUT2D eigenvalue weighted by atomic mass is 9.83. The summed E-state index contributed by atoms with van der Waals surface area (Å²) < 4.78 is 5.26. The van der Waals surface area contributed by atoms with Crippen molar-refractivity contribution in [2.45, 2.75) is 50.8 Å². The summed E-state index contributed by atoms with van der Waals surface area (Å²) in [5.74, 6) is 2.70. The number of rotatable bonds is 2. The first-order valence-electron chi connectivity index (χ1n) is 5.64. The van der Waals surface area contributed by atoms with E-state index >= 15 is 0 Å². The molecule has 0 N–H and O–H groups in total. The van der Waals surface area contributed by atoms with E-state index in [0.717, 1.165) is 11.8 Å². The smallest absolute Gasteiger partial charge is 0.229 e. The van der Waals surface area contributed by atoms with Crippen molar-refractivity contribution < 1.29 is 4.52 Å². The van der Waals surface area contributed by atoms with E-state index in [1.165, 1.54) is 25.7 Å². The van der Waals surface area contributed by atoms with Gasteiger partial charge in [-0.3, -0.25) is 0 Å². The minimum Gasteiger partial charge on any atom is -0.339 e. The van der Waals surface area contributed by atoms with Crippen LogP contribution in [0, 0.1) is 5.92 Å². The molecule has 0 amide bonds. The highest BCUT2D eigenvalue weighted by Gasteiger charge is 2.25. The molecule has 1 aliphatic carbocycles. The van der Waals surface area contributed by atoms with Crippen LogP contribution in [-0.2, 0) is 0 Å². The molecule has 0 spiro atoms. The Bertz CT molecular complexity index is 316. The van der Waals surface area contributed by atoms with Gasteiger partial charge in [-0.2, -0.15) is 4.98 Å². The molecule has 1 fully saturated rings. The highest BCUT2D eigenvalue weighted by molar-refractivity contribution is 6.20. The molecule has 1 aromatic rings. The quantitative estimate of drug-likeness (QED) is 0.725. The maximum Gasteiger partial charge on any atom is 0.229 e. The van der Waals surface area contributed by atoms with Crippen LogP contribution in [-0.4, -0.2) is 10.1 Å². The van der Waals surface area contributed by atoms with Gasteiger partial charge in [-0.1, -0.05) is 12.1 Å². The summed E-state index contributed by atoms with van der Waals surface area (Å²) in [6.45, 7) is 4.16. The summed E-state index contributed by atoms with van der Waals surface area (Å²) in [4.78, 5) is 4.35. The zero-order valence-electron chi connectivity index (χ0n) is 9.24. The summed E-state index contributed by atoms with van der Waals surface area (Å²) in [6.07, 6.45) is 4.86. The largest absolute Gasteiger partial charge is 0.339 e. The monoisotopic (exact) mass is 228 g/mol. The van der Waals surface area contributed by atoms with E-state index < -0.39 is 0 Å². The van der Waals surface area contributed by atoms with Crippen molar-refractivity contribution in [3.8, 4) is 0 Å². The van der Waals surface area contributed by atoms with Gasteiger partial charge in [0.1, 0.15) is 0 Å². The molecule has 2 rings (SSSR count). The third-order valence-electron chi connectivity index (χ3n) is 3.18. The number of aromatic nitrogens is 2. The Balaban J connectivity index is 2.03. The summed E-state index contributed by atoms with van der Waals surface area (Å²) in [5, 5.41) is 3.73. The van der Waals surface area contributed by atoms with Crippen LogP contribution in [0.1, 0.15) is 62.5 Å². The Hall–Kier alpha value is -0.570. The second kappa shape index (κ2) is 4.52. The highest BCUT2D eigenvalue weighted by atomic mass is 35.5. The molecule has 15 heavy (non-hydrogen) atoms. The molecular formula is C11H17ClN2O. The van der Waals surface area contributed by atoms with Crippen molar-refractivity contribution in [2.75, 3.05) is 0 Å². The van der Waals surface area contributed by atoms with Gasteiger partial charge >= 0.3 is 0 Å². The molecule has 1 aromatic heterocycles. The lowest BCUT2D eigenvalue weighted by Gasteiger charge is -2.23. The normalized spacial score (nSPS) is 29.0. The van der Waals surface area contributed by atoms with E-state index in [1.54, 1.807) is 0 Å². The number of halogens is 1. The number of hydrogen-bond donors (Lipinski definition) is 0. The van der Waals surface area contributed by atoms with E-state index in [0.29, 0.717) is 11.7 Å². The molecule has 0 saturated heterocycles. The van der Waals surface area contributed by atoms with Gasteiger partial charge in [0.05, 0.1) is 5.38 Å². The maximum atomic E-state index is 5.89. The van der Waals surface area contributed by atoms with Crippen LogP contribution in [0.25, 0.3) is 0 Å². The van der Waals surface area contributed by atoms with Gasteiger partial charge in [0.25, 0.3) is 0 Å². The van der Waals surface area contributed by atoms with Crippen LogP contribution >= 0.6 is 11.6 Å². The fourth-order valence-corrected chi connectivity index (χ4v) is 2.17. The third-order valence-corrected chi connectivity index (χ3v) is 3.37. The van der Waals surface area contributed by atoms with Gasteiger partial charge in [0, 0.05) is 5.92 Å². The molecule has 0 aromatic carbocycles. The molecule has 1 atom stereocenters. The van der Waals surface area contributed by atoms with Crippen molar-refractivity contribution in [2.24, 2.45) is 5.92 Å². The topological polar surface area (TPSA) is 38.9 Å². The Morgan fingerprint density at radius 1 is 1.33 bits per heavy atom. The molecule has 1 saturated carbocycles. The summed E-state index contributed by atoms with van der Waals surface area (Å²) in [7, 11) is 0. The average Bonchev–Trinajstić information content (AvgIpc) is 2.68. The van der Waals surface area contributed by atoms with Gasteiger partial charge in [0.15, 0.2) is 5.82 Å².